The van der Waals surface area contributed by atoms with Crippen molar-refractivity contribution in [2.75, 3.05) is 5.32 Å². The topological polar surface area (TPSA) is 101 Å². The molecule has 0 aliphatic heterocycles. The Labute approximate surface area is 197 Å². The molecule has 1 aromatic heterocycles. The second-order valence-electron chi connectivity index (χ2n) is 7.29. The Kier molecular flexibility index (Phi) is 6.33. The van der Waals surface area contributed by atoms with E-state index in [-0.39, 0.29) is 11.3 Å². The first-order valence-corrected chi connectivity index (χ1v) is 10.7. The summed E-state index contributed by atoms with van der Waals surface area (Å²) in [5, 5.41) is 24.3. The van der Waals surface area contributed by atoms with Gasteiger partial charge >= 0.3 is 0 Å². The summed E-state index contributed by atoms with van der Waals surface area (Å²) in [7, 11) is 0. The number of nitro groups is 1. The normalized spacial score (nSPS) is 11.2. The third-order valence-corrected chi connectivity index (χ3v) is 5.59. The second-order valence-corrected chi connectivity index (χ2v) is 8.20. The summed E-state index contributed by atoms with van der Waals surface area (Å²) < 4.78 is 2.83. The van der Waals surface area contributed by atoms with E-state index in [2.05, 4.69) is 21.2 Å². The minimum absolute atomic E-state index is 0.0282. The molecular weight excluding hydrogens is 484 g/mol. The van der Waals surface area contributed by atoms with Crippen LogP contribution in [0, 0.1) is 21.4 Å². The van der Waals surface area contributed by atoms with Crippen molar-refractivity contribution in [1.82, 2.24) is 4.57 Å². The van der Waals surface area contributed by atoms with E-state index in [1.54, 1.807) is 36.4 Å². The number of rotatable bonds is 6. The number of non-ortho nitro benzene ring substituents is 1. The summed E-state index contributed by atoms with van der Waals surface area (Å²) in [4.78, 5) is 23.4. The molecule has 1 amide bonds. The first-order chi connectivity index (χ1) is 15.9. The number of fused-ring (bicyclic) bond motifs is 1. The maximum atomic E-state index is 12.7. The Hall–Kier alpha value is -4.22. The number of nitriles is 1. The van der Waals surface area contributed by atoms with Gasteiger partial charge in [-0.15, -0.1) is 0 Å². The van der Waals surface area contributed by atoms with Gasteiger partial charge in [-0.2, -0.15) is 5.26 Å². The molecule has 4 aromatic rings. The molecule has 1 heterocycles. The van der Waals surface area contributed by atoms with Gasteiger partial charge in [0.05, 0.1) is 4.92 Å². The zero-order chi connectivity index (χ0) is 23.4. The van der Waals surface area contributed by atoms with Gasteiger partial charge in [-0.25, -0.2) is 0 Å². The minimum atomic E-state index is -0.504. The Balaban J connectivity index is 1.67. The molecule has 3 aromatic carbocycles. The highest BCUT2D eigenvalue weighted by atomic mass is 79.9. The molecule has 0 unspecified atom stereocenters. The van der Waals surface area contributed by atoms with E-state index in [0.717, 1.165) is 20.9 Å². The van der Waals surface area contributed by atoms with Crippen molar-refractivity contribution in [3.8, 4) is 6.07 Å². The molecule has 0 saturated carbocycles. The van der Waals surface area contributed by atoms with Crippen molar-refractivity contribution in [2.45, 2.75) is 6.54 Å². The lowest BCUT2D eigenvalue weighted by Crippen LogP contribution is -2.13. The molecule has 0 fully saturated rings. The fourth-order valence-corrected chi connectivity index (χ4v) is 3.79. The van der Waals surface area contributed by atoms with Crippen LogP contribution < -0.4 is 5.32 Å². The number of nitro benzene ring substituents is 1. The summed E-state index contributed by atoms with van der Waals surface area (Å²) in [6, 6.07) is 23.1. The van der Waals surface area contributed by atoms with Crippen LogP contribution in [-0.2, 0) is 11.3 Å². The second kappa shape index (κ2) is 9.51. The van der Waals surface area contributed by atoms with E-state index >= 15 is 0 Å². The zero-order valence-electron chi connectivity index (χ0n) is 17.2. The number of halogens is 1. The van der Waals surface area contributed by atoms with Crippen LogP contribution in [-0.4, -0.2) is 15.4 Å². The van der Waals surface area contributed by atoms with Crippen LogP contribution in [0.1, 0.15) is 11.1 Å². The fourth-order valence-electron chi connectivity index (χ4n) is 3.52. The first kappa shape index (κ1) is 22.0. The quantitative estimate of drug-likeness (QED) is 0.154. The smallest absolute Gasteiger partial charge is 0.269 e. The number of carbonyl (C=O) groups excluding carboxylic acids is 1. The van der Waals surface area contributed by atoms with E-state index in [4.69, 9.17) is 0 Å². The van der Waals surface area contributed by atoms with Gasteiger partial charge in [-0.05, 0) is 42.0 Å². The fraction of sp³-hybridized carbons (Fsp3) is 0.0400. The minimum Gasteiger partial charge on any atom is -0.342 e. The summed E-state index contributed by atoms with van der Waals surface area (Å²) in [6.45, 7) is 0.406. The largest absolute Gasteiger partial charge is 0.342 e. The molecule has 8 heteroatoms. The van der Waals surface area contributed by atoms with Crippen molar-refractivity contribution in [3.63, 3.8) is 0 Å². The van der Waals surface area contributed by atoms with E-state index in [0.29, 0.717) is 17.8 Å². The van der Waals surface area contributed by atoms with Crippen molar-refractivity contribution in [3.05, 3.63) is 110 Å². The van der Waals surface area contributed by atoms with E-state index in [1.807, 2.05) is 47.2 Å². The summed E-state index contributed by atoms with van der Waals surface area (Å²) >= 11 is 3.35. The summed E-state index contributed by atoms with van der Waals surface area (Å²) in [6.07, 6.45) is 3.40. The zero-order valence-corrected chi connectivity index (χ0v) is 18.8. The lowest BCUT2D eigenvalue weighted by atomic mass is 10.1. The number of amides is 1. The molecule has 7 nitrogen and oxygen atoms in total. The van der Waals surface area contributed by atoms with Crippen LogP contribution >= 0.6 is 15.9 Å². The van der Waals surface area contributed by atoms with Gasteiger partial charge in [0.15, 0.2) is 0 Å². The van der Waals surface area contributed by atoms with Gasteiger partial charge in [0.2, 0.25) is 0 Å². The van der Waals surface area contributed by atoms with Crippen LogP contribution in [0.15, 0.2) is 89.0 Å². The molecule has 0 spiro atoms. The number of benzene rings is 3. The van der Waals surface area contributed by atoms with Crippen LogP contribution in [0.25, 0.3) is 17.0 Å². The maximum Gasteiger partial charge on any atom is 0.269 e. The highest BCUT2D eigenvalue weighted by Crippen LogP contribution is 2.26. The number of nitrogens with one attached hydrogen (secondary N) is 1. The molecule has 0 saturated heterocycles. The molecule has 1 N–H and O–H groups in total. The standard InChI is InChI=1S/C25H17BrN4O3/c26-20-8-10-21(11-9-20)28-25(31)18(14-27)13-19-16-29(24-7-2-1-6-23(19)24)15-17-4-3-5-22(12-17)30(32)33/h1-13,16H,15H2,(H,28,31)/b18-13-. The predicted molar refractivity (Wildman–Crippen MR) is 130 cm³/mol. The number of hydrogen-bond acceptors (Lipinski definition) is 4. The third-order valence-electron chi connectivity index (χ3n) is 5.06. The lowest BCUT2D eigenvalue weighted by molar-refractivity contribution is -0.384. The van der Waals surface area contributed by atoms with Crippen LogP contribution in [0.4, 0.5) is 11.4 Å². The lowest BCUT2D eigenvalue weighted by Gasteiger charge is -2.05. The van der Waals surface area contributed by atoms with E-state index in [9.17, 15) is 20.2 Å². The summed E-state index contributed by atoms with van der Waals surface area (Å²) in [5.74, 6) is -0.504. The van der Waals surface area contributed by atoms with Gasteiger partial charge in [0, 0.05) is 51.5 Å². The van der Waals surface area contributed by atoms with Crippen molar-refractivity contribution >= 4 is 50.2 Å². The summed E-state index contributed by atoms with van der Waals surface area (Å²) in [5.41, 5.74) is 2.95. The molecule has 0 aliphatic rings. The molecule has 0 atom stereocenters. The highest BCUT2D eigenvalue weighted by molar-refractivity contribution is 9.10. The number of anilines is 1. The van der Waals surface area contributed by atoms with Crippen LogP contribution in [0.5, 0.6) is 0 Å². The number of aromatic nitrogens is 1. The number of hydrogen-bond donors (Lipinski definition) is 1. The molecule has 4 rings (SSSR count). The van der Waals surface area contributed by atoms with E-state index in [1.165, 1.54) is 12.1 Å². The Morgan fingerprint density at radius 1 is 1.12 bits per heavy atom. The van der Waals surface area contributed by atoms with E-state index < -0.39 is 10.8 Å². The third kappa shape index (κ3) is 5.00. The Morgan fingerprint density at radius 2 is 1.88 bits per heavy atom. The Bertz CT molecular complexity index is 1430. The van der Waals surface area contributed by atoms with Crippen LogP contribution in [0.3, 0.4) is 0 Å². The Morgan fingerprint density at radius 3 is 2.61 bits per heavy atom. The van der Waals surface area contributed by atoms with Gasteiger partial charge in [0.25, 0.3) is 11.6 Å². The van der Waals surface area contributed by atoms with Crippen molar-refractivity contribution < 1.29 is 9.72 Å². The molecule has 0 bridgehead atoms. The average Bonchev–Trinajstić information content (AvgIpc) is 3.16. The van der Waals surface area contributed by atoms with Crippen LogP contribution in [0.2, 0.25) is 0 Å². The van der Waals surface area contributed by atoms with Gasteiger partial charge in [-0.3, -0.25) is 14.9 Å². The van der Waals surface area contributed by atoms with Gasteiger partial charge in [0.1, 0.15) is 11.6 Å². The number of nitrogens with zero attached hydrogens (tertiary/aromatic N) is 3. The van der Waals surface area contributed by atoms with Gasteiger partial charge < -0.3 is 9.88 Å². The predicted octanol–water partition coefficient (Wildman–Crippen LogP) is 5.91. The number of para-hydroxylation sites is 1. The first-order valence-electron chi connectivity index (χ1n) is 9.94. The highest BCUT2D eigenvalue weighted by Gasteiger charge is 2.14. The average molecular weight is 501 g/mol. The molecule has 162 valence electrons. The van der Waals surface area contributed by atoms with Gasteiger partial charge in [-0.1, -0.05) is 46.3 Å². The van der Waals surface area contributed by atoms with Crippen molar-refractivity contribution in [1.29, 1.82) is 5.26 Å². The SMILES string of the molecule is N#C/C(=C/c1cn(Cc2cccc([N+](=O)[O-])c2)c2ccccc12)C(=O)Nc1ccc(Br)cc1. The molecule has 0 aliphatic carbocycles. The maximum absolute atomic E-state index is 12.7. The molecule has 33 heavy (non-hydrogen) atoms. The molecule has 0 radical (unpaired) electrons. The molecular formula is C25H17BrN4O3. The number of carbonyl (C=O) groups is 1. The monoisotopic (exact) mass is 500 g/mol. The van der Waals surface area contributed by atoms with Crippen molar-refractivity contribution in [2.24, 2.45) is 0 Å².